The van der Waals surface area contributed by atoms with Gasteiger partial charge in [-0.25, -0.2) is 4.79 Å². The predicted molar refractivity (Wildman–Crippen MR) is 119 cm³/mol. The van der Waals surface area contributed by atoms with Crippen LogP contribution in [0.2, 0.25) is 0 Å². The number of hydrogen-bond donors (Lipinski definition) is 2. The quantitative estimate of drug-likeness (QED) is 0.311. The van der Waals surface area contributed by atoms with E-state index in [0.29, 0.717) is 29.5 Å². The van der Waals surface area contributed by atoms with Crippen molar-refractivity contribution in [1.29, 1.82) is 0 Å². The van der Waals surface area contributed by atoms with Gasteiger partial charge in [-0.15, -0.1) is 11.8 Å². The zero-order valence-corrected chi connectivity index (χ0v) is 18.5. The number of benzene rings is 2. The van der Waals surface area contributed by atoms with Gasteiger partial charge in [0.05, 0.1) is 30.7 Å². The first-order chi connectivity index (χ1) is 14.9. The highest BCUT2D eigenvalue weighted by Crippen LogP contribution is 2.25. The Balaban J connectivity index is 1.91. The highest BCUT2D eigenvalue weighted by atomic mass is 32.2. The number of thioether (sulfide) groups is 1. The minimum Gasteiger partial charge on any atom is -0.495 e. The smallest absolute Gasteiger partial charge is 0.339 e. The number of nitrogens with one attached hydrogen (secondary N) is 2. The molecule has 0 spiro atoms. The molecule has 0 unspecified atom stereocenters. The van der Waals surface area contributed by atoms with Crippen molar-refractivity contribution in [2.75, 3.05) is 45.0 Å². The molecular weight excluding hydrogens is 420 g/mol. The molecule has 2 rings (SSSR count). The Morgan fingerprint density at radius 3 is 2.55 bits per heavy atom. The predicted octanol–water partition coefficient (Wildman–Crippen LogP) is 2.65. The maximum absolute atomic E-state index is 12.5. The third-order valence-electron chi connectivity index (χ3n) is 4.06. The molecule has 0 saturated carbocycles. The lowest BCUT2D eigenvalue weighted by Gasteiger charge is -2.12. The molecule has 8 nitrogen and oxygen atoms in total. The van der Waals surface area contributed by atoms with Gasteiger partial charge in [-0.3, -0.25) is 9.59 Å². The normalized spacial score (nSPS) is 10.3. The van der Waals surface area contributed by atoms with E-state index < -0.39 is 18.5 Å². The number of aryl methyl sites for hydroxylation is 1. The van der Waals surface area contributed by atoms with Crippen LogP contribution in [0.15, 0.2) is 47.4 Å². The molecule has 166 valence electrons. The number of hydrogen-bond acceptors (Lipinski definition) is 7. The Morgan fingerprint density at radius 2 is 1.81 bits per heavy atom. The van der Waals surface area contributed by atoms with Crippen LogP contribution in [0, 0.1) is 6.92 Å². The van der Waals surface area contributed by atoms with Gasteiger partial charge < -0.3 is 24.8 Å². The van der Waals surface area contributed by atoms with Crippen LogP contribution in [0.25, 0.3) is 0 Å². The molecule has 0 aromatic heterocycles. The van der Waals surface area contributed by atoms with Gasteiger partial charge in [-0.2, -0.15) is 0 Å². The number of rotatable bonds is 11. The van der Waals surface area contributed by atoms with Crippen LogP contribution >= 0.6 is 11.8 Å². The van der Waals surface area contributed by atoms with E-state index in [2.05, 4.69) is 10.6 Å². The summed E-state index contributed by atoms with van der Waals surface area (Å²) >= 11 is 1.21. The van der Waals surface area contributed by atoms with E-state index in [1.807, 2.05) is 13.0 Å². The minimum atomic E-state index is -0.644. The summed E-state index contributed by atoms with van der Waals surface area (Å²) in [5.41, 5.74) is 1.74. The summed E-state index contributed by atoms with van der Waals surface area (Å²) in [5, 5.41) is 5.39. The molecule has 0 heterocycles. The summed E-state index contributed by atoms with van der Waals surface area (Å²) in [6.45, 7) is 2.28. The number of ether oxygens (including phenoxy) is 3. The van der Waals surface area contributed by atoms with E-state index in [1.54, 1.807) is 43.5 Å². The van der Waals surface area contributed by atoms with E-state index in [4.69, 9.17) is 14.2 Å². The second-order valence-electron chi connectivity index (χ2n) is 6.46. The average molecular weight is 447 g/mol. The third-order valence-corrected chi connectivity index (χ3v) is 5.13. The molecule has 2 aromatic carbocycles. The van der Waals surface area contributed by atoms with Crippen molar-refractivity contribution >= 4 is 35.2 Å². The summed E-state index contributed by atoms with van der Waals surface area (Å²) in [7, 11) is 3.06. The van der Waals surface area contributed by atoms with E-state index >= 15 is 0 Å². The zero-order valence-electron chi connectivity index (χ0n) is 17.7. The van der Waals surface area contributed by atoms with Crippen LogP contribution in [0.4, 0.5) is 5.69 Å². The number of carbonyl (C=O) groups is 3. The lowest BCUT2D eigenvalue weighted by atomic mass is 10.2. The largest absolute Gasteiger partial charge is 0.495 e. The summed E-state index contributed by atoms with van der Waals surface area (Å²) < 4.78 is 15.3. The second kappa shape index (κ2) is 12.6. The Morgan fingerprint density at radius 1 is 1.03 bits per heavy atom. The fourth-order valence-electron chi connectivity index (χ4n) is 2.56. The number of amides is 2. The second-order valence-corrected chi connectivity index (χ2v) is 7.47. The average Bonchev–Trinajstić information content (AvgIpc) is 2.76. The molecular formula is C22H26N2O6S. The summed E-state index contributed by atoms with van der Waals surface area (Å²) in [5.74, 6) is -0.650. The molecule has 2 N–H and O–H groups in total. The molecule has 31 heavy (non-hydrogen) atoms. The van der Waals surface area contributed by atoms with E-state index in [1.165, 1.54) is 18.9 Å². The number of methoxy groups -OCH3 is 2. The number of esters is 1. The van der Waals surface area contributed by atoms with Crippen molar-refractivity contribution in [2.24, 2.45) is 0 Å². The molecule has 2 amide bonds. The number of anilines is 1. The zero-order chi connectivity index (χ0) is 22.6. The van der Waals surface area contributed by atoms with Crippen molar-refractivity contribution < 1.29 is 28.6 Å². The van der Waals surface area contributed by atoms with Crippen molar-refractivity contribution in [3.63, 3.8) is 0 Å². The molecule has 0 bridgehead atoms. The maximum atomic E-state index is 12.5. The maximum Gasteiger partial charge on any atom is 0.339 e. The first-order valence-corrected chi connectivity index (χ1v) is 10.5. The standard InChI is InChI=1S/C22H26N2O6S/c1-15-8-9-18(29-3)17(12-15)24-20(25)13-30-22(27)16-6-4-5-7-19(16)31-14-21(26)23-10-11-28-2/h4-9,12H,10-11,13-14H2,1-3H3,(H,23,26)(H,24,25). The molecule has 0 aliphatic carbocycles. The molecule has 2 aromatic rings. The third kappa shape index (κ3) is 7.95. The Kier molecular flexibility index (Phi) is 9.86. The monoisotopic (exact) mass is 446 g/mol. The summed E-state index contributed by atoms with van der Waals surface area (Å²) in [4.78, 5) is 37.2. The van der Waals surface area contributed by atoms with Gasteiger partial charge in [0, 0.05) is 18.6 Å². The van der Waals surface area contributed by atoms with Gasteiger partial charge >= 0.3 is 5.97 Å². The van der Waals surface area contributed by atoms with Crippen LogP contribution in [0.1, 0.15) is 15.9 Å². The summed E-state index contributed by atoms with van der Waals surface area (Å²) in [6.07, 6.45) is 0. The van der Waals surface area contributed by atoms with Crippen molar-refractivity contribution in [3.8, 4) is 5.75 Å². The van der Waals surface area contributed by atoms with Gasteiger partial charge in [-0.05, 0) is 36.8 Å². The van der Waals surface area contributed by atoms with E-state index in [-0.39, 0.29) is 17.2 Å². The Bertz CT molecular complexity index is 919. The molecule has 0 atom stereocenters. The van der Waals surface area contributed by atoms with Crippen LogP contribution in [0.5, 0.6) is 5.75 Å². The molecule has 0 fully saturated rings. The van der Waals surface area contributed by atoms with Gasteiger partial charge in [0.2, 0.25) is 5.91 Å². The highest BCUT2D eigenvalue weighted by molar-refractivity contribution is 8.00. The van der Waals surface area contributed by atoms with Gasteiger partial charge in [0.25, 0.3) is 5.91 Å². The van der Waals surface area contributed by atoms with Crippen LogP contribution in [-0.2, 0) is 19.1 Å². The first-order valence-electron chi connectivity index (χ1n) is 9.53. The fourth-order valence-corrected chi connectivity index (χ4v) is 3.43. The SMILES string of the molecule is COCCNC(=O)CSc1ccccc1C(=O)OCC(=O)Nc1cc(C)ccc1OC. The highest BCUT2D eigenvalue weighted by Gasteiger charge is 2.16. The molecule has 9 heteroatoms. The minimum absolute atomic E-state index is 0.141. The van der Waals surface area contributed by atoms with Crippen molar-refractivity contribution in [1.82, 2.24) is 5.32 Å². The molecule has 0 aliphatic rings. The topological polar surface area (TPSA) is 103 Å². The fraction of sp³-hybridized carbons (Fsp3) is 0.318. The molecule has 0 aliphatic heterocycles. The lowest BCUT2D eigenvalue weighted by molar-refractivity contribution is -0.119. The first kappa shape index (κ1) is 24.2. The van der Waals surface area contributed by atoms with Crippen LogP contribution < -0.4 is 15.4 Å². The molecule has 0 saturated heterocycles. The van der Waals surface area contributed by atoms with Gasteiger partial charge in [-0.1, -0.05) is 18.2 Å². The Hall–Kier alpha value is -3.04. The summed E-state index contributed by atoms with van der Waals surface area (Å²) in [6, 6.07) is 12.1. The van der Waals surface area contributed by atoms with Gasteiger partial charge in [0.15, 0.2) is 6.61 Å². The van der Waals surface area contributed by atoms with Crippen LogP contribution in [-0.4, -0.2) is 57.5 Å². The van der Waals surface area contributed by atoms with Gasteiger partial charge in [0.1, 0.15) is 5.75 Å². The van der Waals surface area contributed by atoms with E-state index in [9.17, 15) is 14.4 Å². The number of carbonyl (C=O) groups excluding carboxylic acids is 3. The lowest BCUT2D eigenvalue weighted by Crippen LogP contribution is -2.28. The van der Waals surface area contributed by atoms with Crippen molar-refractivity contribution in [2.45, 2.75) is 11.8 Å². The van der Waals surface area contributed by atoms with Crippen molar-refractivity contribution in [3.05, 3.63) is 53.6 Å². The van der Waals surface area contributed by atoms with E-state index in [0.717, 1.165) is 5.56 Å². The Labute approximate surface area is 185 Å². The van der Waals surface area contributed by atoms with Crippen LogP contribution in [0.3, 0.4) is 0 Å². The molecule has 0 radical (unpaired) electrons.